The van der Waals surface area contributed by atoms with E-state index >= 15 is 0 Å². The molecule has 3 heterocycles. The minimum atomic E-state index is -4.41. The number of hydrogen-bond acceptors (Lipinski definition) is 12. The lowest BCUT2D eigenvalue weighted by atomic mass is 9.80. The van der Waals surface area contributed by atoms with E-state index in [0.29, 0.717) is 11.2 Å². The Morgan fingerprint density at radius 1 is 1.15 bits per heavy atom. The van der Waals surface area contributed by atoms with Crippen LogP contribution in [0.3, 0.4) is 0 Å². The summed E-state index contributed by atoms with van der Waals surface area (Å²) in [7, 11) is -4.41. The third-order valence-corrected chi connectivity index (χ3v) is 10.1. The number of aromatic nitrogens is 2. The summed E-state index contributed by atoms with van der Waals surface area (Å²) in [6.45, 7) is 9.57. The highest BCUT2D eigenvalue weighted by Crippen LogP contribution is 2.51. The van der Waals surface area contributed by atoms with Crippen LogP contribution >= 0.6 is 7.75 Å². The van der Waals surface area contributed by atoms with Crippen LogP contribution in [0.2, 0.25) is 0 Å². The summed E-state index contributed by atoms with van der Waals surface area (Å²) in [5.74, 6) is -1.60. The predicted octanol–water partition coefficient (Wildman–Crippen LogP) is 4.51. The van der Waals surface area contributed by atoms with Crippen molar-refractivity contribution >= 4 is 30.9 Å². The van der Waals surface area contributed by atoms with Crippen molar-refractivity contribution in [3.63, 3.8) is 0 Å². The Hall–Kier alpha value is -3.99. The molecular weight excluding hydrogens is 641 g/mol. The Bertz CT molecular complexity index is 1670. The fourth-order valence-electron chi connectivity index (χ4n) is 5.39. The molecule has 1 aromatic carbocycles. The van der Waals surface area contributed by atoms with Crippen LogP contribution in [0.25, 0.3) is 5.52 Å². The third-order valence-electron chi connectivity index (χ3n) is 8.45. The number of nitrogens with one attached hydrogen (secondary N) is 1. The van der Waals surface area contributed by atoms with Gasteiger partial charge in [-0.05, 0) is 50.1 Å². The SMILES string of the molecule is CCC(CC)COC(=O)[C@H](C)N[P@](=O)(OC[C@H]1O[C@@](C#N)(c2ccc3c(N)ccnn23)[C@](C)(O)[C@@H]1OC(=O)C(C)C)Oc1ccccc1. The number of nitrogens with two attached hydrogens (primary N) is 1. The second kappa shape index (κ2) is 15.1. The second-order valence-corrected chi connectivity index (χ2v) is 14.0. The maximum absolute atomic E-state index is 14.3. The van der Waals surface area contributed by atoms with Crippen LogP contribution in [0, 0.1) is 23.2 Å². The van der Waals surface area contributed by atoms with Gasteiger partial charge in [0.05, 0.1) is 36.0 Å². The number of para-hydroxylation sites is 1. The van der Waals surface area contributed by atoms with E-state index in [1.54, 1.807) is 56.3 Å². The standard InChI is InChI=1S/C33H44N5O9P/c1-7-23(8-2)18-43-31(40)22(5)37-48(42,47-24-12-10-9-11-13-24)44-19-27-29(45-30(39)21(3)4)32(6,41)33(20-34,46-27)28-15-14-26-25(35)16-17-36-38(26)28/h9-17,21-23,27,29,41H,7-8,18-19,35H2,1-6H3,(H,37,42)/t22-,27+,29+,32+,33-,48-/m0/s1. The molecule has 4 N–H and O–H groups in total. The normalized spacial score (nSPS) is 24.2. The van der Waals surface area contributed by atoms with Crippen molar-refractivity contribution in [2.45, 2.75) is 83.8 Å². The van der Waals surface area contributed by atoms with Crippen LogP contribution in [0.5, 0.6) is 5.75 Å². The van der Waals surface area contributed by atoms with Gasteiger partial charge < -0.3 is 29.6 Å². The highest BCUT2D eigenvalue weighted by atomic mass is 31.2. The lowest BCUT2D eigenvalue weighted by molar-refractivity contribution is -0.168. The number of ether oxygens (including phenoxy) is 3. The maximum Gasteiger partial charge on any atom is 0.459 e. The summed E-state index contributed by atoms with van der Waals surface area (Å²) >= 11 is 0. The number of carbonyl (C=O) groups is 2. The molecule has 3 aromatic rings. The van der Waals surface area contributed by atoms with Gasteiger partial charge in [-0.15, -0.1) is 0 Å². The first kappa shape index (κ1) is 36.8. The number of aliphatic hydroxyl groups is 1. The minimum Gasteiger partial charge on any atom is -0.464 e. The summed E-state index contributed by atoms with van der Waals surface area (Å²) in [4.78, 5) is 25.8. The van der Waals surface area contributed by atoms with Crippen LogP contribution in [0.4, 0.5) is 5.69 Å². The average molecular weight is 686 g/mol. The molecule has 14 nitrogen and oxygen atoms in total. The van der Waals surface area contributed by atoms with E-state index in [1.165, 1.54) is 30.6 Å². The smallest absolute Gasteiger partial charge is 0.459 e. The van der Waals surface area contributed by atoms with Crippen molar-refractivity contribution in [3.8, 4) is 11.8 Å². The number of anilines is 1. The van der Waals surface area contributed by atoms with Gasteiger partial charge in [0, 0.05) is 6.20 Å². The highest BCUT2D eigenvalue weighted by molar-refractivity contribution is 7.52. The first-order valence-electron chi connectivity index (χ1n) is 15.9. The van der Waals surface area contributed by atoms with Crippen LogP contribution in [0.15, 0.2) is 54.7 Å². The third kappa shape index (κ3) is 7.51. The first-order valence-corrected chi connectivity index (χ1v) is 17.4. The second-order valence-electron chi connectivity index (χ2n) is 12.3. The molecule has 15 heteroatoms. The molecule has 0 bridgehead atoms. The number of hydrogen-bond donors (Lipinski definition) is 3. The number of benzene rings is 1. The Kier molecular flexibility index (Phi) is 11.6. The molecule has 0 spiro atoms. The lowest BCUT2D eigenvalue weighted by Gasteiger charge is -2.34. The summed E-state index contributed by atoms with van der Waals surface area (Å²) < 4.78 is 44.8. The van der Waals surface area contributed by atoms with Gasteiger partial charge >= 0.3 is 19.7 Å². The van der Waals surface area contributed by atoms with E-state index < -0.39 is 61.7 Å². The number of nitrogen functional groups attached to an aromatic ring is 1. The van der Waals surface area contributed by atoms with E-state index in [4.69, 9.17) is 29.0 Å². The van der Waals surface area contributed by atoms with Gasteiger partial charge in [0.25, 0.3) is 0 Å². The maximum atomic E-state index is 14.3. The van der Waals surface area contributed by atoms with Crippen molar-refractivity contribution in [3.05, 3.63) is 60.4 Å². The quantitative estimate of drug-likeness (QED) is 0.149. The fraction of sp³-hybridized carbons (Fsp3) is 0.515. The molecule has 4 rings (SSSR count). The number of esters is 2. The van der Waals surface area contributed by atoms with Gasteiger partial charge in [-0.1, -0.05) is 58.7 Å². The first-order chi connectivity index (χ1) is 22.7. The van der Waals surface area contributed by atoms with E-state index in [1.807, 2.05) is 13.8 Å². The number of nitrogens with zero attached hydrogens (tertiary/aromatic N) is 3. The number of rotatable bonds is 15. The average Bonchev–Trinajstić information content (AvgIpc) is 3.58. The molecule has 0 saturated carbocycles. The molecule has 2 aromatic heterocycles. The van der Waals surface area contributed by atoms with Crippen LogP contribution in [-0.4, -0.2) is 63.7 Å². The molecule has 1 fully saturated rings. The Morgan fingerprint density at radius 2 is 1.83 bits per heavy atom. The van der Waals surface area contributed by atoms with Gasteiger partial charge in [0.2, 0.25) is 5.60 Å². The summed E-state index contributed by atoms with van der Waals surface area (Å²) in [6, 6.07) is 13.8. The van der Waals surface area contributed by atoms with E-state index in [2.05, 4.69) is 16.3 Å². The molecule has 0 unspecified atom stereocenters. The summed E-state index contributed by atoms with van der Waals surface area (Å²) in [5.41, 5.74) is 2.69. The van der Waals surface area contributed by atoms with Crippen LogP contribution in [0.1, 0.15) is 60.1 Å². The van der Waals surface area contributed by atoms with Crippen molar-refractivity contribution in [2.75, 3.05) is 18.9 Å². The van der Waals surface area contributed by atoms with Crippen molar-refractivity contribution < 1.29 is 42.5 Å². The number of fused-ring (bicyclic) bond motifs is 1. The van der Waals surface area contributed by atoms with E-state index in [9.17, 15) is 24.5 Å². The Morgan fingerprint density at radius 3 is 2.46 bits per heavy atom. The topological polar surface area (TPSA) is 197 Å². The van der Waals surface area contributed by atoms with Crippen LogP contribution < -0.4 is 15.3 Å². The molecule has 6 atom stereocenters. The molecule has 1 saturated heterocycles. The Labute approximate surface area is 280 Å². The van der Waals surface area contributed by atoms with Crippen molar-refractivity contribution in [1.82, 2.24) is 14.7 Å². The zero-order valence-electron chi connectivity index (χ0n) is 28.0. The molecule has 1 aliphatic heterocycles. The van der Waals surface area contributed by atoms with Crippen molar-refractivity contribution in [2.24, 2.45) is 11.8 Å². The zero-order chi connectivity index (χ0) is 35.3. The minimum absolute atomic E-state index is 0.112. The Balaban J connectivity index is 1.68. The van der Waals surface area contributed by atoms with Crippen LogP contribution in [-0.2, 0) is 38.5 Å². The molecule has 1 aliphatic rings. The fourth-order valence-corrected chi connectivity index (χ4v) is 6.89. The molecule has 0 aliphatic carbocycles. The summed E-state index contributed by atoms with van der Waals surface area (Å²) in [5, 5.41) is 29.6. The molecule has 0 radical (unpaired) electrons. The molecular formula is C33H44N5O9P. The van der Waals surface area contributed by atoms with Gasteiger partial charge in [0.1, 0.15) is 29.6 Å². The van der Waals surface area contributed by atoms with Gasteiger partial charge in [0.15, 0.2) is 6.10 Å². The monoisotopic (exact) mass is 685 g/mol. The van der Waals surface area contributed by atoms with E-state index in [0.717, 1.165) is 12.8 Å². The molecule has 48 heavy (non-hydrogen) atoms. The van der Waals surface area contributed by atoms with Crippen molar-refractivity contribution in [1.29, 1.82) is 5.26 Å². The highest BCUT2D eigenvalue weighted by Gasteiger charge is 2.67. The largest absolute Gasteiger partial charge is 0.464 e. The zero-order valence-corrected chi connectivity index (χ0v) is 28.9. The van der Waals surface area contributed by atoms with Gasteiger partial charge in [-0.3, -0.25) is 14.1 Å². The van der Waals surface area contributed by atoms with E-state index in [-0.39, 0.29) is 24.0 Å². The molecule has 0 amide bonds. The predicted molar refractivity (Wildman–Crippen MR) is 175 cm³/mol. The molecule has 260 valence electrons. The lowest BCUT2D eigenvalue weighted by Crippen LogP contribution is -2.54. The summed E-state index contributed by atoms with van der Waals surface area (Å²) in [6.07, 6.45) is 0.221. The van der Waals surface area contributed by atoms with Gasteiger partial charge in [-0.2, -0.15) is 15.4 Å². The number of nitriles is 1. The van der Waals surface area contributed by atoms with Gasteiger partial charge in [-0.25, -0.2) is 9.08 Å². The number of carbonyl (C=O) groups excluding carboxylic acids is 2.